The topological polar surface area (TPSA) is 15.3 Å². The van der Waals surface area contributed by atoms with Crippen LogP contribution in [0.2, 0.25) is 0 Å². The van der Waals surface area contributed by atoms with Gasteiger partial charge in [0.15, 0.2) is 0 Å². The molecule has 2 rings (SSSR count). The van der Waals surface area contributed by atoms with Crippen LogP contribution in [0.25, 0.3) is 0 Å². The van der Waals surface area contributed by atoms with E-state index in [4.69, 9.17) is 0 Å². The minimum Gasteiger partial charge on any atom is -0.314 e. The number of hydrogen-bond acceptors (Lipinski definition) is 2. The van der Waals surface area contributed by atoms with Crippen molar-refractivity contribution in [3.05, 3.63) is 0 Å². The number of rotatable bonds is 4. The second-order valence-electron chi connectivity index (χ2n) is 6.18. The molecule has 100 valence electrons. The zero-order chi connectivity index (χ0) is 11.9. The molecule has 2 aliphatic rings. The molecule has 0 spiro atoms. The Bertz CT molecular complexity index is 199. The number of hydrogen-bond donors (Lipinski definition) is 1. The van der Waals surface area contributed by atoms with Gasteiger partial charge in [-0.1, -0.05) is 32.1 Å². The zero-order valence-electron chi connectivity index (χ0n) is 11.6. The second-order valence-corrected chi connectivity index (χ2v) is 6.18. The molecule has 0 radical (unpaired) electrons. The Kier molecular flexibility index (Phi) is 5.79. The quantitative estimate of drug-likeness (QED) is 0.810. The molecule has 17 heavy (non-hydrogen) atoms. The molecule has 1 saturated heterocycles. The van der Waals surface area contributed by atoms with Crippen LogP contribution in [0.3, 0.4) is 0 Å². The van der Waals surface area contributed by atoms with Crippen molar-refractivity contribution in [1.82, 2.24) is 10.2 Å². The lowest BCUT2D eigenvalue weighted by molar-refractivity contribution is 0.319. The molecule has 0 amide bonds. The highest BCUT2D eigenvalue weighted by molar-refractivity contribution is 4.74. The van der Waals surface area contributed by atoms with E-state index in [1.54, 1.807) is 0 Å². The molecule has 2 heteroatoms. The van der Waals surface area contributed by atoms with Gasteiger partial charge in [-0.05, 0) is 58.3 Å². The van der Waals surface area contributed by atoms with E-state index in [1.807, 2.05) is 0 Å². The summed E-state index contributed by atoms with van der Waals surface area (Å²) < 4.78 is 0. The Labute approximate surface area is 107 Å². The molecular formula is C15H30N2. The van der Waals surface area contributed by atoms with Gasteiger partial charge in [0.25, 0.3) is 0 Å². The Morgan fingerprint density at radius 3 is 2.59 bits per heavy atom. The fraction of sp³-hybridized carbons (Fsp3) is 1.00. The maximum absolute atomic E-state index is 3.80. The van der Waals surface area contributed by atoms with Gasteiger partial charge in [-0.15, -0.1) is 0 Å². The normalized spacial score (nSPS) is 29.1. The van der Waals surface area contributed by atoms with E-state index in [0.29, 0.717) is 0 Å². The molecule has 0 aromatic heterocycles. The molecule has 0 aromatic carbocycles. The summed E-state index contributed by atoms with van der Waals surface area (Å²) in [7, 11) is 2.25. The monoisotopic (exact) mass is 238 g/mol. The van der Waals surface area contributed by atoms with Crippen LogP contribution >= 0.6 is 0 Å². The van der Waals surface area contributed by atoms with Crippen molar-refractivity contribution >= 4 is 0 Å². The van der Waals surface area contributed by atoms with Gasteiger partial charge in [0, 0.05) is 6.04 Å². The molecule has 2 nitrogen and oxygen atoms in total. The highest BCUT2D eigenvalue weighted by Gasteiger charge is 2.16. The maximum Gasteiger partial charge on any atom is 0.00797 e. The summed E-state index contributed by atoms with van der Waals surface area (Å²) in [5, 5.41) is 3.80. The van der Waals surface area contributed by atoms with Crippen LogP contribution in [0.5, 0.6) is 0 Å². The standard InChI is InChI=1S/C15H30N2/c1-17-12-5-8-15(10-13-17)16-11-9-14-6-3-2-4-7-14/h14-16H,2-13H2,1H3. The van der Waals surface area contributed by atoms with Crippen molar-refractivity contribution in [3.8, 4) is 0 Å². The van der Waals surface area contributed by atoms with Crippen molar-refractivity contribution in [2.45, 2.75) is 63.8 Å². The molecular weight excluding hydrogens is 208 g/mol. The van der Waals surface area contributed by atoms with Crippen LogP contribution in [0, 0.1) is 5.92 Å². The van der Waals surface area contributed by atoms with Crippen LogP contribution in [-0.2, 0) is 0 Å². The predicted molar refractivity (Wildman–Crippen MR) is 74.3 cm³/mol. The molecule has 1 unspecified atom stereocenters. The lowest BCUT2D eigenvalue weighted by Gasteiger charge is -2.23. The third-order valence-electron chi connectivity index (χ3n) is 4.66. The van der Waals surface area contributed by atoms with Crippen molar-refractivity contribution in [2.75, 3.05) is 26.7 Å². The van der Waals surface area contributed by atoms with Gasteiger partial charge < -0.3 is 10.2 Å². The van der Waals surface area contributed by atoms with Crippen LogP contribution < -0.4 is 5.32 Å². The first-order chi connectivity index (χ1) is 8.34. The summed E-state index contributed by atoms with van der Waals surface area (Å²) in [6.07, 6.45) is 13.0. The van der Waals surface area contributed by atoms with E-state index in [2.05, 4.69) is 17.3 Å². The van der Waals surface area contributed by atoms with Crippen LogP contribution in [-0.4, -0.2) is 37.6 Å². The Morgan fingerprint density at radius 2 is 1.76 bits per heavy atom. The first-order valence-corrected chi connectivity index (χ1v) is 7.76. The third-order valence-corrected chi connectivity index (χ3v) is 4.66. The molecule has 1 aliphatic heterocycles. The lowest BCUT2D eigenvalue weighted by atomic mass is 9.87. The Morgan fingerprint density at radius 1 is 0.941 bits per heavy atom. The fourth-order valence-electron chi connectivity index (χ4n) is 3.41. The summed E-state index contributed by atoms with van der Waals surface area (Å²) in [5.74, 6) is 1.03. The largest absolute Gasteiger partial charge is 0.314 e. The third kappa shape index (κ3) is 4.97. The highest BCUT2D eigenvalue weighted by atomic mass is 15.1. The van der Waals surface area contributed by atoms with Crippen molar-refractivity contribution in [3.63, 3.8) is 0 Å². The van der Waals surface area contributed by atoms with Crippen molar-refractivity contribution < 1.29 is 0 Å². The number of nitrogens with zero attached hydrogens (tertiary/aromatic N) is 1. The van der Waals surface area contributed by atoms with Gasteiger partial charge in [0.2, 0.25) is 0 Å². The Balaban J connectivity index is 1.57. The van der Waals surface area contributed by atoms with Crippen LogP contribution in [0.4, 0.5) is 0 Å². The van der Waals surface area contributed by atoms with Crippen molar-refractivity contribution in [2.24, 2.45) is 5.92 Å². The van der Waals surface area contributed by atoms with Crippen LogP contribution in [0.15, 0.2) is 0 Å². The van der Waals surface area contributed by atoms with Gasteiger partial charge >= 0.3 is 0 Å². The first-order valence-electron chi connectivity index (χ1n) is 7.76. The summed E-state index contributed by atoms with van der Waals surface area (Å²) >= 11 is 0. The highest BCUT2D eigenvalue weighted by Crippen LogP contribution is 2.25. The van der Waals surface area contributed by atoms with E-state index in [1.165, 1.54) is 77.4 Å². The average molecular weight is 238 g/mol. The van der Waals surface area contributed by atoms with E-state index in [-0.39, 0.29) is 0 Å². The van der Waals surface area contributed by atoms with Crippen molar-refractivity contribution in [1.29, 1.82) is 0 Å². The maximum atomic E-state index is 3.80. The van der Waals surface area contributed by atoms with Crippen LogP contribution in [0.1, 0.15) is 57.8 Å². The molecule has 1 heterocycles. The number of likely N-dealkylation sites (tertiary alicyclic amines) is 1. The second kappa shape index (κ2) is 7.38. The van der Waals surface area contributed by atoms with Gasteiger partial charge in [-0.3, -0.25) is 0 Å². The van der Waals surface area contributed by atoms with E-state index in [9.17, 15) is 0 Å². The Hall–Kier alpha value is -0.0800. The minimum atomic E-state index is 0.795. The summed E-state index contributed by atoms with van der Waals surface area (Å²) in [4.78, 5) is 2.48. The lowest BCUT2D eigenvalue weighted by Crippen LogP contribution is -2.32. The predicted octanol–water partition coefficient (Wildman–Crippen LogP) is 3.03. The molecule has 0 bridgehead atoms. The summed E-state index contributed by atoms with van der Waals surface area (Å²) in [5.41, 5.74) is 0. The molecule has 1 saturated carbocycles. The first kappa shape index (κ1) is 13.4. The van der Waals surface area contributed by atoms with E-state index in [0.717, 1.165) is 12.0 Å². The zero-order valence-corrected chi connectivity index (χ0v) is 11.6. The summed E-state index contributed by atoms with van der Waals surface area (Å²) in [6, 6.07) is 0.795. The fourth-order valence-corrected chi connectivity index (χ4v) is 3.41. The average Bonchev–Trinajstić information content (AvgIpc) is 2.56. The minimum absolute atomic E-state index is 0.795. The van der Waals surface area contributed by atoms with Gasteiger partial charge in [-0.25, -0.2) is 0 Å². The van der Waals surface area contributed by atoms with Gasteiger partial charge in [0.1, 0.15) is 0 Å². The molecule has 2 fully saturated rings. The van der Waals surface area contributed by atoms with E-state index >= 15 is 0 Å². The number of nitrogens with one attached hydrogen (secondary N) is 1. The smallest absolute Gasteiger partial charge is 0.00797 e. The van der Waals surface area contributed by atoms with Gasteiger partial charge in [-0.2, -0.15) is 0 Å². The van der Waals surface area contributed by atoms with Gasteiger partial charge in [0.05, 0.1) is 0 Å². The molecule has 1 atom stereocenters. The molecule has 1 aliphatic carbocycles. The molecule has 1 N–H and O–H groups in total. The summed E-state index contributed by atoms with van der Waals surface area (Å²) in [6.45, 7) is 3.83. The van der Waals surface area contributed by atoms with E-state index < -0.39 is 0 Å². The SMILES string of the molecule is CN1CCCC(NCCC2CCCCC2)CC1. The molecule has 0 aromatic rings.